The van der Waals surface area contributed by atoms with Crippen molar-refractivity contribution in [3.63, 3.8) is 0 Å². The topological polar surface area (TPSA) is 120 Å². The first-order chi connectivity index (χ1) is 20.0. The molecule has 0 rings (SSSR count). The lowest BCUT2D eigenvalue weighted by Crippen LogP contribution is -2.47. The number of guanidine groups is 1. The predicted octanol–water partition coefficient (Wildman–Crippen LogP) is 8.67. The number of rotatable bonds is 31. The Bertz CT molecular complexity index is 621. The molecule has 0 spiro atoms. The zero-order valence-electron chi connectivity index (χ0n) is 27.7. The fraction of sp³-hybridized carbons (Fsp3) is 0.912. The number of halogens is 1. The second kappa shape index (κ2) is 34.0. The van der Waals surface area contributed by atoms with Crippen LogP contribution < -0.4 is 21.7 Å². The summed E-state index contributed by atoms with van der Waals surface area (Å²) < 4.78 is 0. The van der Waals surface area contributed by atoms with Gasteiger partial charge in [-0.1, -0.05) is 149 Å². The van der Waals surface area contributed by atoms with E-state index in [0.717, 1.165) is 25.7 Å². The molecule has 6 N–H and O–H groups in total. The third kappa shape index (κ3) is 31.4. The molecule has 0 aliphatic heterocycles. The van der Waals surface area contributed by atoms with E-state index >= 15 is 0 Å². The van der Waals surface area contributed by atoms with Crippen LogP contribution in [0.25, 0.3) is 0 Å². The summed E-state index contributed by atoms with van der Waals surface area (Å²) in [6.45, 7) is 5.70. The lowest BCUT2D eigenvalue weighted by Gasteiger charge is -2.19. The molecular formula is C34H70ClN5O2. The van der Waals surface area contributed by atoms with Gasteiger partial charge in [-0.15, -0.1) is 12.4 Å². The van der Waals surface area contributed by atoms with E-state index in [9.17, 15) is 9.59 Å². The summed E-state index contributed by atoms with van der Waals surface area (Å²) in [4.78, 5) is 25.4. The summed E-state index contributed by atoms with van der Waals surface area (Å²) in [6.07, 6.45) is 31.0. The quantitative estimate of drug-likeness (QED) is 0.0304. The minimum absolute atomic E-state index is 0. The Morgan fingerprint density at radius 1 is 0.571 bits per heavy atom. The van der Waals surface area contributed by atoms with Gasteiger partial charge in [-0.3, -0.25) is 15.0 Å². The Hall–Kier alpha value is -1.50. The number of hydrogen-bond acceptors (Lipinski definition) is 3. The molecule has 250 valence electrons. The number of nitrogens with two attached hydrogens (primary N) is 1. The monoisotopic (exact) mass is 616 g/mol. The zero-order valence-corrected chi connectivity index (χ0v) is 28.5. The van der Waals surface area contributed by atoms with E-state index in [4.69, 9.17) is 11.1 Å². The maximum Gasteiger partial charge on any atom is 0.242 e. The van der Waals surface area contributed by atoms with Gasteiger partial charge in [0.25, 0.3) is 0 Å². The molecule has 0 aliphatic carbocycles. The van der Waals surface area contributed by atoms with Gasteiger partial charge in [0.05, 0.1) is 0 Å². The Morgan fingerprint density at radius 3 is 1.38 bits per heavy atom. The summed E-state index contributed by atoms with van der Waals surface area (Å²) in [7, 11) is 0. The van der Waals surface area contributed by atoms with Crippen molar-refractivity contribution in [2.75, 3.05) is 13.1 Å². The largest absolute Gasteiger partial charge is 0.370 e. The molecule has 0 bridgehead atoms. The van der Waals surface area contributed by atoms with Crippen LogP contribution >= 0.6 is 12.4 Å². The van der Waals surface area contributed by atoms with Crippen LogP contribution in [0.2, 0.25) is 0 Å². The number of hydrogen-bond donors (Lipinski definition) is 5. The van der Waals surface area contributed by atoms with Gasteiger partial charge >= 0.3 is 0 Å². The van der Waals surface area contributed by atoms with E-state index in [0.29, 0.717) is 32.4 Å². The van der Waals surface area contributed by atoms with Crippen LogP contribution in [0.5, 0.6) is 0 Å². The molecule has 0 aromatic carbocycles. The standard InChI is InChI=1S/C34H69N5O2.ClH/c1-3-5-7-9-11-13-15-16-17-18-20-22-24-28-32(40)39-31(27-26-30-38-34(35)36)33(41)37-29-25-23-21-19-14-12-10-8-6-4-2;/h31H,3-30H2,1-2H3,(H,37,41)(H,39,40)(H4,35,36,38);1H/t31-;/m0./s1. The highest BCUT2D eigenvalue weighted by molar-refractivity contribution is 5.87. The minimum Gasteiger partial charge on any atom is -0.370 e. The van der Waals surface area contributed by atoms with Crippen LogP contribution in [0.15, 0.2) is 0 Å². The smallest absolute Gasteiger partial charge is 0.242 e. The summed E-state index contributed by atoms with van der Waals surface area (Å²) >= 11 is 0. The van der Waals surface area contributed by atoms with Gasteiger partial charge in [0.15, 0.2) is 5.96 Å². The van der Waals surface area contributed by atoms with Crippen molar-refractivity contribution in [3.05, 3.63) is 0 Å². The lowest BCUT2D eigenvalue weighted by molar-refractivity contribution is -0.129. The van der Waals surface area contributed by atoms with Crippen LogP contribution in [-0.2, 0) is 9.59 Å². The molecule has 2 amide bonds. The molecule has 0 aliphatic rings. The molecule has 0 unspecified atom stereocenters. The maximum absolute atomic E-state index is 12.8. The van der Waals surface area contributed by atoms with Gasteiger partial charge in [0, 0.05) is 19.5 Å². The van der Waals surface area contributed by atoms with E-state index < -0.39 is 6.04 Å². The molecule has 0 saturated carbocycles. The second-order valence-corrected chi connectivity index (χ2v) is 12.1. The van der Waals surface area contributed by atoms with Crippen LogP contribution in [0, 0.1) is 5.41 Å². The molecule has 7 nitrogen and oxygen atoms in total. The highest BCUT2D eigenvalue weighted by Crippen LogP contribution is 2.13. The van der Waals surface area contributed by atoms with E-state index in [1.165, 1.54) is 122 Å². The molecule has 0 fully saturated rings. The highest BCUT2D eigenvalue weighted by atomic mass is 35.5. The first-order valence-electron chi connectivity index (χ1n) is 17.7. The van der Waals surface area contributed by atoms with Crippen molar-refractivity contribution in [2.24, 2.45) is 5.73 Å². The molecule has 8 heteroatoms. The second-order valence-electron chi connectivity index (χ2n) is 12.1. The zero-order chi connectivity index (χ0) is 30.2. The average molecular weight is 616 g/mol. The molecule has 1 atom stereocenters. The Morgan fingerprint density at radius 2 is 0.952 bits per heavy atom. The van der Waals surface area contributed by atoms with E-state index in [1.807, 2.05) is 0 Å². The molecule has 0 saturated heterocycles. The van der Waals surface area contributed by atoms with Crippen molar-refractivity contribution < 1.29 is 9.59 Å². The highest BCUT2D eigenvalue weighted by Gasteiger charge is 2.20. The number of amides is 2. The van der Waals surface area contributed by atoms with Gasteiger partial charge in [0.2, 0.25) is 11.8 Å². The minimum atomic E-state index is -0.527. The number of carbonyl (C=O) groups excluding carboxylic acids is 2. The van der Waals surface area contributed by atoms with Crippen LogP contribution in [0.4, 0.5) is 0 Å². The van der Waals surface area contributed by atoms with Crippen molar-refractivity contribution in [1.29, 1.82) is 5.41 Å². The molecule has 0 aromatic rings. The molecular weight excluding hydrogens is 546 g/mol. The van der Waals surface area contributed by atoms with Crippen molar-refractivity contribution >= 4 is 30.2 Å². The predicted molar refractivity (Wildman–Crippen MR) is 183 cm³/mol. The molecule has 42 heavy (non-hydrogen) atoms. The van der Waals surface area contributed by atoms with Crippen molar-refractivity contribution in [3.8, 4) is 0 Å². The Labute approximate surface area is 266 Å². The van der Waals surface area contributed by atoms with Crippen LogP contribution in [0.3, 0.4) is 0 Å². The van der Waals surface area contributed by atoms with Crippen molar-refractivity contribution in [2.45, 2.75) is 187 Å². The van der Waals surface area contributed by atoms with Gasteiger partial charge in [-0.2, -0.15) is 0 Å². The summed E-state index contributed by atoms with van der Waals surface area (Å²) in [6, 6.07) is -0.527. The first-order valence-corrected chi connectivity index (χ1v) is 17.7. The fourth-order valence-electron chi connectivity index (χ4n) is 5.32. The van der Waals surface area contributed by atoms with Gasteiger partial charge in [-0.25, -0.2) is 0 Å². The normalized spacial score (nSPS) is 11.5. The fourth-order valence-corrected chi connectivity index (χ4v) is 5.32. The number of nitrogens with one attached hydrogen (secondary N) is 4. The van der Waals surface area contributed by atoms with Crippen molar-refractivity contribution in [1.82, 2.24) is 16.0 Å². The van der Waals surface area contributed by atoms with E-state index in [2.05, 4.69) is 29.8 Å². The SMILES string of the molecule is CCCCCCCCCCCCCCCC(=O)N[C@@H](CCCNC(=N)N)C(=O)NCCCCCCCCCCCC.Cl. The average Bonchev–Trinajstić information content (AvgIpc) is 2.95. The maximum atomic E-state index is 12.8. The number of carbonyl (C=O) groups is 2. The summed E-state index contributed by atoms with van der Waals surface area (Å²) in [5.74, 6) is -0.201. The van der Waals surface area contributed by atoms with E-state index in [-0.39, 0.29) is 30.2 Å². The van der Waals surface area contributed by atoms with Gasteiger partial charge in [-0.05, 0) is 25.7 Å². The molecule has 0 heterocycles. The Balaban J connectivity index is 0. The Kier molecular flexibility index (Phi) is 34.5. The van der Waals surface area contributed by atoms with Gasteiger partial charge < -0.3 is 21.7 Å². The molecule has 0 radical (unpaired) electrons. The number of unbranched alkanes of at least 4 members (excludes halogenated alkanes) is 21. The summed E-state index contributed by atoms with van der Waals surface area (Å²) in [5, 5.41) is 16.1. The van der Waals surface area contributed by atoms with Crippen LogP contribution in [-0.4, -0.2) is 36.9 Å². The van der Waals surface area contributed by atoms with E-state index in [1.54, 1.807) is 0 Å². The summed E-state index contributed by atoms with van der Waals surface area (Å²) in [5.41, 5.74) is 5.36. The molecule has 0 aromatic heterocycles. The third-order valence-corrected chi connectivity index (χ3v) is 7.97. The first kappa shape index (κ1) is 42.6. The van der Waals surface area contributed by atoms with Gasteiger partial charge in [0.1, 0.15) is 6.04 Å². The van der Waals surface area contributed by atoms with Crippen LogP contribution in [0.1, 0.15) is 181 Å². The lowest BCUT2D eigenvalue weighted by atomic mass is 10.0. The third-order valence-electron chi connectivity index (χ3n) is 7.97.